The van der Waals surface area contributed by atoms with Crippen molar-refractivity contribution in [1.29, 1.82) is 0 Å². The Balaban J connectivity index is 3.87. The zero-order valence-corrected chi connectivity index (χ0v) is 8.45. The number of carbonyl (C=O) groups excluding carboxylic acids is 1. The maximum atomic E-state index is 11.5. The van der Waals surface area contributed by atoms with Crippen molar-refractivity contribution in [2.75, 3.05) is 32.8 Å². The summed E-state index contributed by atoms with van der Waals surface area (Å²) in [5.41, 5.74) is 5.23. The van der Waals surface area contributed by atoms with E-state index in [9.17, 15) is 4.79 Å². The third-order valence-corrected chi connectivity index (χ3v) is 1.54. The van der Waals surface area contributed by atoms with Crippen LogP contribution in [0.25, 0.3) is 0 Å². The number of carbonyl (C=O) groups is 1. The number of nitrogens with zero attached hydrogens (tertiary/aromatic N) is 1. The van der Waals surface area contributed by atoms with Crippen LogP contribution >= 0.6 is 0 Å². The van der Waals surface area contributed by atoms with Gasteiger partial charge < -0.3 is 15.4 Å². The Morgan fingerprint density at radius 2 is 1.93 bits per heavy atom. The van der Waals surface area contributed by atoms with E-state index in [-0.39, 0.29) is 12.5 Å². The van der Waals surface area contributed by atoms with Gasteiger partial charge in [0.05, 0.1) is 6.61 Å². The highest BCUT2D eigenvalue weighted by Crippen LogP contribution is 1.92. The highest BCUT2D eigenvalue weighted by atomic mass is 16.5. The number of ether oxygens (including phenoxy) is 1. The monoisotopic (exact) mass is 198 g/mol. The Labute approximate surface area is 85.0 Å². The molecule has 2 N–H and O–H groups in total. The van der Waals surface area contributed by atoms with Crippen LogP contribution in [0.15, 0.2) is 25.3 Å². The molecular weight excluding hydrogens is 180 g/mol. The van der Waals surface area contributed by atoms with E-state index >= 15 is 0 Å². The average Bonchev–Trinajstić information content (AvgIpc) is 2.18. The molecule has 0 aliphatic carbocycles. The summed E-state index contributed by atoms with van der Waals surface area (Å²) in [5, 5.41) is 0. The fraction of sp³-hybridized carbons (Fsp3) is 0.500. The first kappa shape index (κ1) is 12.9. The van der Waals surface area contributed by atoms with E-state index in [1.165, 1.54) is 0 Å². The SMILES string of the molecule is C=CCN(CC=C)C(=O)COCCN. The Hall–Kier alpha value is -1.13. The second-order valence-electron chi connectivity index (χ2n) is 2.72. The first-order valence-electron chi connectivity index (χ1n) is 4.53. The molecule has 4 heteroatoms. The zero-order valence-electron chi connectivity index (χ0n) is 8.45. The van der Waals surface area contributed by atoms with Crippen LogP contribution in [0.3, 0.4) is 0 Å². The van der Waals surface area contributed by atoms with Crippen LogP contribution in [0.1, 0.15) is 0 Å². The van der Waals surface area contributed by atoms with Gasteiger partial charge in [-0.1, -0.05) is 12.2 Å². The van der Waals surface area contributed by atoms with Crippen LogP contribution in [0.5, 0.6) is 0 Å². The molecule has 0 saturated heterocycles. The van der Waals surface area contributed by atoms with E-state index in [1.54, 1.807) is 17.1 Å². The van der Waals surface area contributed by atoms with E-state index in [0.717, 1.165) is 0 Å². The number of nitrogens with two attached hydrogens (primary N) is 1. The van der Waals surface area contributed by atoms with Crippen molar-refractivity contribution < 1.29 is 9.53 Å². The molecule has 0 fully saturated rings. The lowest BCUT2D eigenvalue weighted by Crippen LogP contribution is -2.34. The maximum Gasteiger partial charge on any atom is 0.249 e. The largest absolute Gasteiger partial charge is 0.370 e. The summed E-state index contributed by atoms with van der Waals surface area (Å²) < 4.78 is 5.03. The van der Waals surface area contributed by atoms with Gasteiger partial charge in [0.2, 0.25) is 5.91 Å². The molecule has 0 atom stereocenters. The van der Waals surface area contributed by atoms with E-state index in [2.05, 4.69) is 13.2 Å². The Bertz CT molecular complexity index is 183. The Morgan fingerprint density at radius 1 is 1.36 bits per heavy atom. The smallest absolute Gasteiger partial charge is 0.249 e. The summed E-state index contributed by atoms with van der Waals surface area (Å²) in [5.74, 6) is -0.0711. The van der Waals surface area contributed by atoms with Gasteiger partial charge in [-0.25, -0.2) is 0 Å². The molecule has 0 unspecified atom stereocenters. The van der Waals surface area contributed by atoms with Gasteiger partial charge in [0, 0.05) is 19.6 Å². The van der Waals surface area contributed by atoms with Crippen LogP contribution in [-0.2, 0) is 9.53 Å². The topological polar surface area (TPSA) is 55.6 Å². The predicted octanol–water partition coefficient (Wildman–Crippen LogP) is 0.162. The van der Waals surface area contributed by atoms with E-state index in [4.69, 9.17) is 10.5 Å². The van der Waals surface area contributed by atoms with E-state index < -0.39 is 0 Å². The van der Waals surface area contributed by atoms with E-state index in [0.29, 0.717) is 26.2 Å². The van der Waals surface area contributed by atoms with Crippen LogP contribution in [-0.4, -0.2) is 43.7 Å². The molecular formula is C10H18N2O2. The molecule has 0 aromatic carbocycles. The van der Waals surface area contributed by atoms with Crippen molar-refractivity contribution in [3.05, 3.63) is 25.3 Å². The molecule has 0 spiro atoms. The van der Waals surface area contributed by atoms with Gasteiger partial charge >= 0.3 is 0 Å². The van der Waals surface area contributed by atoms with E-state index in [1.807, 2.05) is 0 Å². The van der Waals surface area contributed by atoms with Crippen LogP contribution < -0.4 is 5.73 Å². The van der Waals surface area contributed by atoms with Crippen molar-refractivity contribution in [2.45, 2.75) is 0 Å². The summed E-state index contributed by atoms with van der Waals surface area (Å²) in [6.45, 7) is 9.07. The summed E-state index contributed by atoms with van der Waals surface area (Å²) in [7, 11) is 0. The molecule has 0 heterocycles. The molecule has 0 aliphatic heterocycles. The molecule has 0 aliphatic rings. The third-order valence-electron chi connectivity index (χ3n) is 1.54. The van der Waals surface area contributed by atoms with Crippen LogP contribution in [0.2, 0.25) is 0 Å². The molecule has 0 rings (SSSR count). The minimum Gasteiger partial charge on any atom is -0.370 e. The molecule has 4 nitrogen and oxygen atoms in total. The normalized spacial score (nSPS) is 9.50. The Kier molecular flexibility index (Phi) is 7.78. The first-order valence-corrected chi connectivity index (χ1v) is 4.53. The zero-order chi connectivity index (χ0) is 10.8. The molecule has 0 saturated carbocycles. The number of amides is 1. The lowest BCUT2D eigenvalue weighted by molar-refractivity contribution is -0.134. The fourth-order valence-electron chi connectivity index (χ4n) is 0.924. The fourth-order valence-corrected chi connectivity index (χ4v) is 0.924. The third kappa shape index (κ3) is 5.50. The first-order chi connectivity index (χ1) is 6.76. The van der Waals surface area contributed by atoms with Gasteiger partial charge in [0.15, 0.2) is 0 Å². The van der Waals surface area contributed by atoms with Gasteiger partial charge in [-0.2, -0.15) is 0 Å². The highest BCUT2D eigenvalue weighted by molar-refractivity contribution is 5.77. The second-order valence-corrected chi connectivity index (χ2v) is 2.72. The molecule has 0 aromatic heterocycles. The van der Waals surface area contributed by atoms with Gasteiger partial charge in [0.25, 0.3) is 0 Å². The predicted molar refractivity (Wildman–Crippen MR) is 56.8 cm³/mol. The van der Waals surface area contributed by atoms with Gasteiger partial charge in [-0.15, -0.1) is 13.2 Å². The van der Waals surface area contributed by atoms with Crippen LogP contribution in [0.4, 0.5) is 0 Å². The highest BCUT2D eigenvalue weighted by Gasteiger charge is 2.09. The minimum absolute atomic E-state index is 0.0683. The molecule has 0 radical (unpaired) electrons. The average molecular weight is 198 g/mol. The standard InChI is InChI=1S/C10H18N2O2/c1-3-6-12(7-4-2)10(13)9-14-8-5-11/h3-4H,1-2,5-9,11H2. The molecule has 0 bridgehead atoms. The molecule has 0 aromatic rings. The van der Waals surface area contributed by atoms with Crippen molar-refractivity contribution in [2.24, 2.45) is 5.73 Å². The summed E-state index contributed by atoms with van der Waals surface area (Å²) in [6, 6.07) is 0. The maximum absolute atomic E-state index is 11.5. The lowest BCUT2D eigenvalue weighted by Gasteiger charge is -2.18. The van der Waals surface area contributed by atoms with Crippen molar-refractivity contribution >= 4 is 5.91 Å². The summed E-state index contributed by atoms with van der Waals surface area (Å²) in [4.78, 5) is 13.1. The number of hydrogen-bond donors (Lipinski definition) is 1. The Morgan fingerprint density at radius 3 is 2.36 bits per heavy atom. The number of rotatable bonds is 8. The molecule has 80 valence electrons. The van der Waals surface area contributed by atoms with Crippen molar-refractivity contribution in [3.63, 3.8) is 0 Å². The minimum atomic E-state index is -0.0711. The number of hydrogen-bond acceptors (Lipinski definition) is 3. The molecule has 14 heavy (non-hydrogen) atoms. The second kappa shape index (κ2) is 8.47. The summed E-state index contributed by atoms with van der Waals surface area (Å²) >= 11 is 0. The quantitative estimate of drug-likeness (QED) is 0.446. The molecule has 1 amide bonds. The van der Waals surface area contributed by atoms with Gasteiger partial charge in [-0.3, -0.25) is 4.79 Å². The van der Waals surface area contributed by atoms with Crippen molar-refractivity contribution in [3.8, 4) is 0 Å². The summed E-state index contributed by atoms with van der Waals surface area (Å²) in [6.07, 6.45) is 3.34. The van der Waals surface area contributed by atoms with Gasteiger partial charge in [0.1, 0.15) is 6.61 Å². The lowest BCUT2D eigenvalue weighted by atomic mass is 10.4. The van der Waals surface area contributed by atoms with Gasteiger partial charge in [-0.05, 0) is 0 Å². The van der Waals surface area contributed by atoms with Crippen molar-refractivity contribution in [1.82, 2.24) is 4.90 Å². The van der Waals surface area contributed by atoms with Crippen LogP contribution in [0, 0.1) is 0 Å².